The van der Waals surface area contributed by atoms with Crippen LogP contribution in [0.4, 0.5) is 0 Å². The van der Waals surface area contributed by atoms with Gasteiger partial charge in [-0.3, -0.25) is 0 Å². The van der Waals surface area contributed by atoms with E-state index in [1.807, 2.05) is 12.1 Å². The van der Waals surface area contributed by atoms with E-state index < -0.39 is 0 Å². The lowest BCUT2D eigenvalue weighted by Gasteiger charge is -2.21. The van der Waals surface area contributed by atoms with E-state index in [4.69, 9.17) is 9.47 Å². The second-order valence-corrected chi connectivity index (χ2v) is 5.87. The first kappa shape index (κ1) is 17.4. The molecule has 1 unspecified atom stereocenters. The Morgan fingerprint density at radius 2 is 1.70 bits per heavy atom. The highest BCUT2D eigenvalue weighted by Crippen LogP contribution is 2.23. The monoisotopic (exact) mass is 314 g/mol. The van der Waals surface area contributed by atoms with Crippen LogP contribution in [0.2, 0.25) is 0 Å². The predicted molar refractivity (Wildman–Crippen MR) is 94.1 cm³/mol. The fourth-order valence-corrected chi connectivity index (χ4v) is 2.82. The van der Waals surface area contributed by atoms with Gasteiger partial charge in [0.15, 0.2) is 0 Å². The van der Waals surface area contributed by atoms with Gasteiger partial charge in [-0.15, -0.1) is 0 Å². The van der Waals surface area contributed by atoms with Crippen molar-refractivity contribution in [1.82, 2.24) is 0 Å². The third-order valence-electron chi connectivity index (χ3n) is 4.12. The number of methoxy groups -OCH3 is 2. The fourth-order valence-electron chi connectivity index (χ4n) is 2.82. The Hall–Kier alpha value is -2.00. The van der Waals surface area contributed by atoms with Crippen molar-refractivity contribution in [2.75, 3.05) is 20.8 Å². The fraction of sp³-hybridized carbons (Fsp3) is 0.400. The lowest BCUT2D eigenvalue weighted by atomic mass is 10.1. The predicted octanol–water partition coefficient (Wildman–Crippen LogP) is 3.09. The number of ether oxygens (including phenoxy) is 2. The van der Waals surface area contributed by atoms with Crippen molar-refractivity contribution >= 4 is 0 Å². The number of quaternary nitrogens is 1. The largest absolute Gasteiger partial charge is 0.497 e. The number of hydrogen-bond donors (Lipinski definition) is 1. The second-order valence-electron chi connectivity index (χ2n) is 5.87. The van der Waals surface area contributed by atoms with Crippen LogP contribution in [-0.2, 0) is 13.1 Å². The van der Waals surface area contributed by atoms with Crippen LogP contribution in [0.5, 0.6) is 11.5 Å². The summed E-state index contributed by atoms with van der Waals surface area (Å²) in [6.07, 6.45) is 2.46. The highest BCUT2D eigenvalue weighted by atomic mass is 16.5. The minimum atomic E-state index is 0.837. The Bertz CT molecular complexity index is 583. The highest BCUT2D eigenvalue weighted by molar-refractivity contribution is 5.40. The Kier molecular flexibility index (Phi) is 6.95. The van der Waals surface area contributed by atoms with E-state index in [9.17, 15) is 0 Å². The molecule has 3 heteroatoms. The van der Waals surface area contributed by atoms with Crippen LogP contribution in [0.25, 0.3) is 0 Å². The van der Waals surface area contributed by atoms with Crippen LogP contribution in [-0.4, -0.2) is 20.8 Å². The van der Waals surface area contributed by atoms with Gasteiger partial charge in [-0.25, -0.2) is 0 Å². The number of nitrogens with one attached hydrogen (secondary N) is 1. The quantitative estimate of drug-likeness (QED) is 0.768. The van der Waals surface area contributed by atoms with Crippen LogP contribution >= 0.6 is 0 Å². The number of unbranched alkanes of at least 4 members (excludes halogenated alkanes) is 1. The molecule has 0 radical (unpaired) electrons. The minimum absolute atomic E-state index is 0.837. The van der Waals surface area contributed by atoms with Crippen LogP contribution in [0.1, 0.15) is 30.9 Å². The molecule has 0 saturated carbocycles. The van der Waals surface area contributed by atoms with Gasteiger partial charge in [0.25, 0.3) is 0 Å². The van der Waals surface area contributed by atoms with Gasteiger partial charge >= 0.3 is 0 Å². The van der Waals surface area contributed by atoms with Gasteiger partial charge in [-0.05, 0) is 18.6 Å². The Morgan fingerprint density at radius 1 is 0.913 bits per heavy atom. The first-order valence-electron chi connectivity index (χ1n) is 8.35. The molecule has 1 atom stereocenters. The molecule has 0 saturated heterocycles. The van der Waals surface area contributed by atoms with Crippen LogP contribution in [0, 0.1) is 0 Å². The van der Waals surface area contributed by atoms with E-state index in [1.165, 1.54) is 30.5 Å². The van der Waals surface area contributed by atoms with Crippen molar-refractivity contribution in [3.63, 3.8) is 0 Å². The average Bonchev–Trinajstić information content (AvgIpc) is 2.60. The minimum Gasteiger partial charge on any atom is -0.497 e. The van der Waals surface area contributed by atoms with Crippen molar-refractivity contribution in [3.8, 4) is 11.5 Å². The summed E-state index contributed by atoms with van der Waals surface area (Å²) in [7, 11) is 3.41. The Labute approximate surface area is 139 Å². The molecule has 124 valence electrons. The SMILES string of the molecule is CCCC[NH+](Cc1ccccc1)Cc1ccc(OC)cc1OC. The molecule has 2 rings (SSSR count). The van der Waals surface area contributed by atoms with Gasteiger partial charge in [-0.2, -0.15) is 0 Å². The summed E-state index contributed by atoms with van der Waals surface area (Å²) < 4.78 is 10.8. The second kappa shape index (κ2) is 9.21. The highest BCUT2D eigenvalue weighted by Gasteiger charge is 2.14. The number of benzene rings is 2. The zero-order valence-electron chi connectivity index (χ0n) is 14.5. The summed E-state index contributed by atoms with van der Waals surface area (Å²) in [5.41, 5.74) is 2.61. The normalized spacial score (nSPS) is 12.0. The van der Waals surface area contributed by atoms with Crippen molar-refractivity contribution in [3.05, 3.63) is 59.7 Å². The number of hydrogen-bond acceptors (Lipinski definition) is 2. The Balaban J connectivity index is 2.13. The van der Waals surface area contributed by atoms with Gasteiger partial charge in [0.1, 0.15) is 24.6 Å². The third-order valence-corrected chi connectivity index (χ3v) is 4.12. The summed E-state index contributed by atoms with van der Waals surface area (Å²) in [4.78, 5) is 1.56. The molecule has 23 heavy (non-hydrogen) atoms. The van der Waals surface area contributed by atoms with Crippen molar-refractivity contribution < 1.29 is 14.4 Å². The van der Waals surface area contributed by atoms with Crippen molar-refractivity contribution in [2.24, 2.45) is 0 Å². The van der Waals surface area contributed by atoms with Crippen LogP contribution in [0.15, 0.2) is 48.5 Å². The molecular weight excluding hydrogens is 286 g/mol. The molecule has 3 nitrogen and oxygen atoms in total. The average molecular weight is 314 g/mol. The summed E-state index contributed by atoms with van der Waals surface area (Å²) >= 11 is 0. The summed E-state index contributed by atoms with van der Waals surface area (Å²) in [5, 5.41) is 0. The molecule has 1 N–H and O–H groups in total. The summed E-state index contributed by atoms with van der Waals surface area (Å²) in [6, 6.07) is 16.8. The van der Waals surface area contributed by atoms with Gasteiger partial charge in [0, 0.05) is 17.2 Å². The summed E-state index contributed by atoms with van der Waals surface area (Å²) in [6.45, 7) is 5.41. The van der Waals surface area contributed by atoms with Gasteiger partial charge < -0.3 is 14.4 Å². The zero-order chi connectivity index (χ0) is 16.5. The zero-order valence-corrected chi connectivity index (χ0v) is 14.5. The topological polar surface area (TPSA) is 22.9 Å². The smallest absolute Gasteiger partial charge is 0.131 e. The molecule has 0 amide bonds. The molecule has 0 bridgehead atoms. The van der Waals surface area contributed by atoms with Gasteiger partial charge in [-0.1, -0.05) is 43.7 Å². The van der Waals surface area contributed by atoms with Gasteiger partial charge in [0.2, 0.25) is 0 Å². The first-order valence-corrected chi connectivity index (χ1v) is 8.35. The maximum atomic E-state index is 5.55. The van der Waals surface area contributed by atoms with Gasteiger partial charge in [0.05, 0.1) is 20.8 Å². The van der Waals surface area contributed by atoms with E-state index in [1.54, 1.807) is 19.1 Å². The molecule has 0 spiro atoms. The van der Waals surface area contributed by atoms with E-state index in [0.717, 1.165) is 24.6 Å². The van der Waals surface area contributed by atoms with E-state index in [-0.39, 0.29) is 0 Å². The van der Waals surface area contributed by atoms with Crippen molar-refractivity contribution in [2.45, 2.75) is 32.9 Å². The van der Waals surface area contributed by atoms with E-state index >= 15 is 0 Å². The maximum Gasteiger partial charge on any atom is 0.131 e. The standard InChI is InChI=1S/C20H27NO2/c1-4-5-13-21(15-17-9-7-6-8-10-17)16-18-11-12-19(22-2)14-20(18)23-3/h6-12,14H,4-5,13,15-16H2,1-3H3/p+1. The van der Waals surface area contributed by atoms with Crippen LogP contribution < -0.4 is 14.4 Å². The first-order chi connectivity index (χ1) is 11.3. The lowest BCUT2D eigenvalue weighted by Crippen LogP contribution is -3.09. The number of rotatable bonds is 9. The Morgan fingerprint density at radius 3 is 2.35 bits per heavy atom. The molecular formula is C20H28NO2+. The molecule has 0 heterocycles. The third kappa shape index (κ3) is 5.29. The summed E-state index contributed by atoms with van der Waals surface area (Å²) in [5.74, 6) is 1.75. The molecule has 2 aromatic carbocycles. The molecule has 0 aliphatic rings. The van der Waals surface area contributed by atoms with E-state index in [2.05, 4.69) is 43.3 Å². The van der Waals surface area contributed by atoms with Crippen molar-refractivity contribution in [1.29, 1.82) is 0 Å². The molecule has 0 aliphatic heterocycles. The molecule has 0 aromatic heterocycles. The van der Waals surface area contributed by atoms with E-state index in [0.29, 0.717) is 0 Å². The lowest BCUT2D eigenvalue weighted by molar-refractivity contribution is -0.927. The molecule has 2 aromatic rings. The molecule has 0 aliphatic carbocycles. The molecule has 0 fully saturated rings. The van der Waals surface area contributed by atoms with Crippen LogP contribution in [0.3, 0.4) is 0 Å². The maximum absolute atomic E-state index is 5.55.